The third-order valence-corrected chi connectivity index (χ3v) is 4.34. The number of thiazole rings is 1. The average Bonchev–Trinajstić information content (AvgIpc) is 3.15. The third-order valence-electron chi connectivity index (χ3n) is 3.38. The quantitative estimate of drug-likeness (QED) is 0.797. The van der Waals surface area contributed by atoms with Crippen molar-refractivity contribution in [2.45, 2.75) is 19.5 Å². The molecule has 0 fully saturated rings. The lowest BCUT2D eigenvalue weighted by molar-refractivity contribution is 0.200. The fraction of sp³-hybridized carbons (Fsp3) is 0.250. The van der Waals surface area contributed by atoms with Gasteiger partial charge in [-0.3, -0.25) is 0 Å². The van der Waals surface area contributed by atoms with Gasteiger partial charge in [-0.15, -0.1) is 11.3 Å². The van der Waals surface area contributed by atoms with Crippen LogP contribution in [0.25, 0.3) is 11.0 Å². The molecule has 1 N–H and O–H groups in total. The zero-order valence-corrected chi connectivity index (χ0v) is 13.3. The molecule has 0 radical (unpaired) electrons. The summed E-state index contributed by atoms with van der Waals surface area (Å²) < 4.78 is 5.73. The second-order valence-corrected chi connectivity index (χ2v) is 6.07. The molecule has 2 aromatic heterocycles. The number of amides is 2. The van der Waals surface area contributed by atoms with E-state index in [9.17, 15) is 4.79 Å². The zero-order valence-electron chi connectivity index (χ0n) is 12.4. The molecule has 3 aromatic rings. The van der Waals surface area contributed by atoms with Gasteiger partial charge in [0, 0.05) is 24.0 Å². The number of rotatable bonds is 4. The monoisotopic (exact) mass is 315 g/mol. The van der Waals surface area contributed by atoms with Crippen molar-refractivity contribution in [2.24, 2.45) is 0 Å². The summed E-state index contributed by atoms with van der Waals surface area (Å²) in [5.41, 5.74) is 0.836. The zero-order chi connectivity index (χ0) is 15.5. The molecule has 2 amide bonds. The fourth-order valence-corrected chi connectivity index (χ4v) is 2.87. The predicted octanol–water partition coefficient (Wildman–Crippen LogP) is 3.79. The number of aromatic nitrogens is 1. The van der Waals surface area contributed by atoms with Crippen molar-refractivity contribution in [1.82, 2.24) is 15.2 Å². The second-order valence-electron chi connectivity index (χ2n) is 5.15. The Morgan fingerprint density at radius 3 is 3.00 bits per heavy atom. The van der Waals surface area contributed by atoms with E-state index in [-0.39, 0.29) is 12.1 Å². The van der Waals surface area contributed by atoms with Crippen molar-refractivity contribution in [1.29, 1.82) is 0 Å². The Morgan fingerprint density at radius 2 is 2.27 bits per heavy atom. The maximum Gasteiger partial charge on any atom is 0.318 e. The Morgan fingerprint density at radius 1 is 1.45 bits per heavy atom. The van der Waals surface area contributed by atoms with Crippen LogP contribution in [0.3, 0.4) is 0 Å². The Balaban J connectivity index is 1.63. The third kappa shape index (κ3) is 3.12. The summed E-state index contributed by atoms with van der Waals surface area (Å²) in [7, 11) is 1.75. The van der Waals surface area contributed by atoms with Crippen LogP contribution in [0, 0.1) is 0 Å². The van der Waals surface area contributed by atoms with Gasteiger partial charge in [0.2, 0.25) is 0 Å². The highest BCUT2D eigenvalue weighted by Gasteiger charge is 2.16. The molecule has 6 heteroatoms. The minimum Gasteiger partial charge on any atom is -0.459 e. The first kappa shape index (κ1) is 14.6. The molecule has 2 heterocycles. The SMILES string of the molecule is C[C@H](NC(=O)N(C)Cc1cc2ccccc2o1)c1nccs1. The number of nitrogens with zero attached hydrogens (tertiary/aromatic N) is 2. The summed E-state index contributed by atoms with van der Waals surface area (Å²) in [6.45, 7) is 2.34. The Hall–Kier alpha value is -2.34. The summed E-state index contributed by atoms with van der Waals surface area (Å²) >= 11 is 1.53. The lowest BCUT2D eigenvalue weighted by atomic mass is 10.2. The molecule has 0 spiro atoms. The Bertz CT molecular complexity index is 734. The number of para-hydroxylation sites is 1. The van der Waals surface area contributed by atoms with Gasteiger partial charge in [0.25, 0.3) is 0 Å². The van der Waals surface area contributed by atoms with Gasteiger partial charge < -0.3 is 14.6 Å². The smallest absolute Gasteiger partial charge is 0.318 e. The van der Waals surface area contributed by atoms with Crippen molar-refractivity contribution in [2.75, 3.05) is 7.05 Å². The highest BCUT2D eigenvalue weighted by Crippen LogP contribution is 2.20. The van der Waals surface area contributed by atoms with Crippen LogP contribution < -0.4 is 5.32 Å². The lowest BCUT2D eigenvalue weighted by Gasteiger charge is -2.19. The molecule has 0 aliphatic carbocycles. The van der Waals surface area contributed by atoms with Crippen LogP contribution in [-0.2, 0) is 6.54 Å². The van der Waals surface area contributed by atoms with E-state index in [1.165, 1.54) is 11.3 Å². The van der Waals surface area contributed by atoms with Gasteiger partial charge in [-0.05, 0) is 19.1 Å². The Labute approximate surface area is 132 Å². The van der Waals surface area contributed by atoms with Crippen LogP contribution in [0.2, 0.25) is 0 Å². The molecular weight excluding hydrogens is 298 g/mol. The van der Waals surface area contributed by atoms with E-state index in [0.717, 1.165) is 21.7 Å². The normalized spacial score (nSPS) is 12.3. The fourth-order valence-electron chi connectivity index (χ4n) is 2.23. The molecule has 0 saturated heterocycles. The number of fused-ring (bicyclic) bond motifs is 1. The van der Waals surface area contributed by atoms with E-state index in [2.05, 4.69) is 10.3 Å². The van der Waals surface area contributed by atoms with E-state index >= 15 is 0 Å². The van der Waals surface area contributed by atoms with Crippen LogP contribution in [0.5, 0.6) is 0 Å². The van der Waals surface area contributed by atoms with E-state index in [0.29, 0.717) is 6.54 Å². The molecule has 5 nitrogen and oxygen atoms in total. The number of carbonyl (C=O) groups excluding carboxylic acids is 1. The minimum absolute atomic E-state index is 0.106. The first-order chi connectivity index (χ1) is 10.6. The predicted molar refractivity (Wildman–Crippen MR) is 86.7 cm³/mol. The Kier molecular flexibility index (Phi) is 4.11. The largest absolute Gasteiger partial charge is 0.459 e. The second kappa shape index (κ2) is 6.19. The molecular formula is C16H17N3O2S. The number of carbonyl (C=O) groups is 1. The highest BCUT2D eigenvalue weighted by molar-refractivity contribution is 7.09. The van der Waals surface area contributed by atoms with Crippen molar-refractivity contribution < 1.29 is 9.21 Å². The van der Waals surface area contributed by atoms with Crippen LogP contribution in [0.15, 0.2) is 46.3 Å². The minimum atomic E-state index is -0.150. The van der Waals surface area contributed by atoms with Crippen molar-refractivity contribution in [3.05, 3.63) is 52.7 Å². The van der Waals surface area contributed by atoms with Crippen LogP contribution in [-0.4, -0.2) is 23.0 Å². The number of hydrogen-bond acceptors (Lipinski definition) is 4. The molecule has 22 heavy (non-hydrogen) atoms. The van der Waals surface area contributed by atoms with E-state index in [4.69, 9.17) is 4.42 Å². The molecule has 0 saturated carbocycles. The molecule has 0 bridgehead atoms. The van der Waals surface area contributed by atoms with Gasteiger partial charge in [-0.25, -0.2) is 9.78 Å². The number of benzene rings is 1. The molecule has 1 atom stereocenters. The van der Waals surface area contributed by atoms with Gasteiger partial charge in [-0.2, -0.15) is 0 Å². The first-order valence-corrected chi connectivity index (χ1v) is 7.90. The molecule has 0 aliphatic rings. The molecule has 0 unspecified atom stereocenters. The standard InChI is InChI=1S/C16H17N3O2S/c1-11(15-17-7-8-22-15)18-16(20)19(2)10-13-9-12-5-3-4-6-14(12)21-13/h3-9,11H,10H2,1-2H3,(H,18,20)/t11-/m0/s1. The first-order valence-electron chi connectivity index (χ1n) is 7.02. The average molecular weight is 315 g/mol. The van der Waals surface area contributed by atoms with Gasteiger partial charge in [-0.1, -0.05) is 18.2 Å². The molecule has 3 rings (SSSR count). The van der Waals surface area contributed by atoms with Gasteiger partial charge >= 0.3 is 6.03 Å². The van der Waals surface area contributed by atoms with Gasteiger partial charge in [0.1, 0.15) is 16.4 Å². The van der Waals surface area contributed by atoms with Crippen LogP contribution >= 0.6 is 11.3 Å². The van der Waals surface area contributed by atoms with E-state index in [1.54, 1.807) is 18.1 Å². The number of nitrogens with one attached hydrogen (secondary N) is 1. The molecule has 0 aliphatic heterocycles. The maximum atomic E-state index is 12.2. The lowest BCUT2D eigenvalue weighted by Crippen LogP contribution is -2.38. The van der Waals surface area contributed by atoms with Crippen molar-refractivity contribution in [3.63, 3.8) is 0 Å². The summed E-state index contributed by atoms with van der Waals surface area (Å²) in [6, 6.07) is 9.52. The summed E-state index contributed by atoms with van der Waals surface area (Å²) in [5.74, 6) is 0.765. The van der Waals surface area contributed by atoms with Crippen molar-refractivity contribution >= 4 is 28.3 Å². The number of hydrogen-bond donors (Lipinski definition) is 1. The molecule has 114 valence electrons. The van der Waals surface area contributed by atoms with E-state index in [1.807, 2.05) is 42.6 Å². The van der Waals surface area contributed by atoms with Gasteiger partial charge in [0.15, 0.2) is 0 Å². The topological polar surface area (TPSA) is 58.4 Å². The van der Waals surface area contributed by atoms with Crippen molar-refractivity contribution in [3.8, 4) is 0 Å². The van der Waals surface area contributed by atoms with E-state index < -0.39 is 0 Å². The number of furan rings is 1. The highest BCUT2D eigenvalue weighted by atomic mass is 32.1. The van der Waals surface area contributed by atoms with Crippen LogP contribution in [0.4, 0.5) is 4.79 Å². The van der Waals surface area contributed by atoms with Gasteiger partial charge in [0.05, 0.1) is 12.6 Å². The van der Waals surface area contributed by atoms with Crippen LogP contribution in [0.1, 0.15) is 23.7 Å². The maximum absolute atomic E-state index is 12.2. The summed E-state index contributed by atoms with van der Waals surface area (Å²) in [4.78, 5) is 18.0. The summed E-state index contributed by atoms with van der Waals surface area (Å²) in [6.07, 6.45) is 1.74. The molecule has 1 aromatic carbocycles. The number of urea groups is 1. The summed E-state index contributed by atoms with van der Waals surface area (Å²) in [5, 5.41) is 6.77.